The number of ether oxygens (including phenoxy) is 1. The van der Waals surface area contributed by atoms with Gasteiger partial charge in [-0.2, -0.15) is 0 Å². The summed E-state index contributed by atoms with van der Waals surface area (Å²) >= 11 is 5.79. The van der Waals surface area contributed by atoms with Crippen LogP contribution in [0.15, 0.2) is 18.3 Å². The highest BCUT2D eigenvalue weighted by Crippen LogP contribution is 2.32. The highest BCUT2D eigenvalue weighted by molar-refractivity contribution is 6.35. The Hall–Kier alpha value is -1.99. The van der Waals surface area contributed by atoms with Crippen LogP contribution in [-0.4, -0.2) is 18.2 Å². The molecular weight excluding hydrogens is 230 g/mol. The summed E-state index contributed by atoms with van der Waals surface area (Å²) in [4.78, 5) is 14.2. The Morgan fingerprint density at radius 3 is 2.88 bits per heavy atom. The van der Waals surface area contributed by atoms with Gasteiger partial charge in [0.15, 0.2) is 6.20 Å². The van der Waals surface area contributed by atoms with E-state index in [-0.39, 0.29) is 16.3 Å². The molecule has 0 saturated carbocycles. The van der Waals surface area contributed by atoms with Crippen LogP contribution in [0.5, 0.6) is 5.75 Å². The molecule has 1 rings (SSSR count). The summed E-state index contributed by atoms with van der Waals surface area (Å²) in [7, 11) is 1.22. The molecule has 1 aromatic rings. The predicted octanol–water partition coefficient (Wildman–Crippen LogP) is 2.72. The monoisotopic (exact) mass is 237 g/mol. The average Bonchev–Trinajstić information content (AvgIpc) is 2.30. The first-order chi connectivity index (χ1) is 7.61. The molecule has 0 saturated heterocycles. The SMILES string of the molecule is [C-]#[N+]/C=C/c1ccc(C(=O)OC)c(Cl)c1O. The van der Waals surface area contributed by atoms with Crippen LogP contribution in [0.1, 0.15) is 15.9 Å². The van der Waals surface area contributed by atoms with E-state index in [2.05, 4.69) is 9.58 Å². The number of phenolic OH excluding ortho intramolecular Hbond substituents is 1. The van der Waals surface area contributed by atoms with Gasteiger partial charge in [-0.3, -0.25) is 0 Å². The number of rotatable bonds is 2. The molecule has 4 nitrogen and oxygen atoms in total. The van der Waals surface area contributed by atoms with E-state index in [1.165, 1.54) is 31.5 Å². The van der Waals surface area contributed by atoms with Crippen LogP contribution in [0.2, 0.25) is 5.02 Å². The molecule has 0 spiro atoms. The first-order valence-electron chi connectivity index (χ1n) is 4.24. The van der Waals surface area contributed by atoms with E-state index < -0.39 is 5.97 Å². The molecule has 0 unspecified atom stereocenters. The van der Waals surface area contributed by atoms with E-state index in [1.807, 2.05) is 0 Å². The second-order valence-electron chi connectivity index (χ2n) is 2.80. The molecule has 82 valence electrons. The summed E-state index contributed by atoms with van der Waals surface area (Å²) in [5.41, 5.74) is 0.454. The molecule has 0 amide bonds. The van der Waals surface area contributed by atoms with Gasteiger partial charge in [0.1, 0.15) is 5.75 Å². The van der Waals surface area contributed by atoms with Crippen molar-refractivity contribution >= 4 is 23.6 Å². The van der Waals surface area contributed by atoms with Gasteiger partial charge in [0.25, 0.3) is 0 Å². The van der Waals surface area contributed by atoms with Gasteiger partial charge in [-0.15, -0.1) is 0 Å². The minimum absolute atomic E-state index is 0.0843. The summed E-state index contributed by atoms with van der Waals surface area (Å²) in [6.45, 7) is 6.57. The van der Waals surface area contributed by atoms with Crippen molar-refractivity contribution in [2.24, 2.45) is 0 Å². The Morgan fingerprint density at radius 2 is 2.31 bits per heavy atom. The van der Waals surface area contributed by atoms with Gasteiger partial charge in [0.2, 0.25) is 0 Å². The topological polar surface area (TPSA) is 50.9 Å². The zero-order chi connectivity index (χ0) is 12.1. The lowest BCUT2D eigenvalue weighted by Gasteiger charge is -2.06. The lowest BCUT2D eigenvalue weighted by molar-refractivity contribution is 0.0600. The van der Waals surface area contributed by atoms with E-state index in [0.717, 1.165) is 0 Å². The van der Waals surface area contributed by atoms with Crippen molar-refractivity contribution in [2.45, 2.75) is 0 Å². The first-order valence-corrected chi connectivity index (χ1v) is 4.62. The number of methoxy groups -OCH3 is 1. The van der Waals surface area contributed by atoms with Crippen LogP contribution in [0.4, 0.5) is 0 Å². The number of aromatic hydroxyl groups is 1. The number of halogens is 1. The van der Waals surface area contributed by atoms with Crippen molar-refractivity contribution in [3.05, 3.63) is 45.9 Å². The first kappa shape index (κ1) is 12.1. The molecular formula is C11H8ClNO3. The second kappa shape index (κ2) is 5.19. The minimum atomic E-state index is -0.624. The number of carbonyl (C=O) groups is 1. The zero-order valence-electron chi connectivity index (χ0n) is 8.40. The smallest absolute Gasteiger partial charge is 0.339 e. The number of benzene rings is 1. The summed E-state index contributed by atoms with van der Waals surface area (Å²) in [6, 6.07) is 2.91. The summed E-state index contributed by atoms with van der Waals surface area (Å²) in [5, 5.41) is 9.57. The van der Waals surface area contributed by atoms with E-state index in [4.69, 9.17) is 18.2 Å². The van der Waals surface area contributed by atoms with Gasteiger partial charge in [-0.05, 0) is 6.07 Å². The highest BCUT2D eigenvalue weighted by atomic mass is 35.5. The maximum atomic E-state index is 11.2. The molecule has 0 heterocycles. The standard InChI is InChI=1S/C11H8ClNO3/c1-13-6-5-7-3-4-8(11(15)16-2)9(12)10(7)14/h3-6,14H,2H3/b6-5+. The number of hydrogen-bond donors (Lipinski definition) is 1. The van der Waals surface area contributed by atoms with Crippen molar-refractivity contribution < 1.29 is 14.6 Å². The van der Waals surface area contributed by atoms with Crippen molar-refractivity contribution in [3.63, 3.8) is 0 Å². The minimum Gasteiger partial charge on any atom is -0.506 e. The normalized spacial score (nSPS) is 10.1. The average molecular weight is 238 g/mol. The van der Waals surface area contributed by atoms with Gasteiger partial charge < -0.3 is 9.84 Å². The van der Waals surface area contributed by atoms with Gasteiger partial charge in [-0.1, -0.05) is 23.7 Å². The number of phenols is 1. The third kappa shape index (κ3) is 2.33. The third-order valence-corrected chi connectivity index (χ3v) is 2.26. The fourth-order valence-electron chi connectivity index (χ4n) is 1.10. The molecule has 1 aromatic carbocycles. The number of carbonyl (C=O) groups excluding carboxylic acids is 1. The molecule has 0 aliphatic carbocycles. The van der Waals surface area contributed by atoms with Crippen LogP contribution >= 0.6 is 11.6 Å². The fraction of sp³-hybridized carbons (Fsp3) is 0.0909. The molecule has 16 heavy (non-hydrogen) atoms. The Balaban J connectivity index is 3.24. The van der Waals surface area contributed by atoms with E-state index in [9.17, 15) is 9.90 Å². The number of esters is 1. The van der Waals surface area contributed by atoms with Crippen LogP contribution in [0, 0.1) is 6.57 Å². The number of nitrogens with zero attached hydrogens (tertiary/aromatic N) is 1. The van der Waals surface area contributed by atoms with E-state index in [0.29, 0.717) is 5.56 Å². The van der Waals surface area contributed by atoms with Gasteiger partial charge in [0.05, 0.1) is 24.3 Å². The molecule has 0 radical (unpaired) electrons. The van der Waals surface area contributed by atoms with Crippen LogP contribution in [0.25, 0.3) is 10.9 Å². The molecule has 1 N–H and O–H groups in total. The maximum Gasteiger partial charge on any atom is 0.339 e. The molecule has 0 bridgehead atoms. The largest absolute Gasteiger partial charge is 0.506 e. The summed E-state index contributed by atoms with van der Waals surface area (Å²) in [5.74, 6) is -0.870. The van der Waals surface area contributed by atoms with Crippen LogP contribution in [0.3, 0.4) is 0 Å². The molecule has 0 aromatic heterocycles. The van der Waals surface area contributed by atoms with Crippen molar-refractivity contribution in [3.8, 4) is 5.75 Å². The van der Waals surface area contributed by atoms with Gasteiger partial charge in [0, 0.05) is 5.56 Å². The fourth-order valence-corrected chi connectivity index (χ4v) is 1.35. The van der Waals surface area contributed by atoms with Gasteiger partial charge in [-0.25, -0.2) is 9.64 Å². The zero-order valence-corrected chi connectivity index (χ0v) is 9.15. The molecule has 0 aliphatic heterocycles. The van der Waals surface area contributed by atoms with Crippen molar-refractivity contribution in [1.29, 1.82) is 0 Å². The summed E-state index contributed by atoms with van der Waals surface area (Å²) < 4.78 is 4.49. The van der Waals surface area contributed by atoms with E-state index >= 15 is 0 Å². The van der Waals surface area contributed by atoms with E-state index in [1.54, 1.807) is 0 Å². The maximum absolute atomic E-state index is 11.2. The van der Waals surface area contributed by atoms with Gasteiger partial charge >= 0.3 is 5.97 Å². The predicted molar refractivity (Wildman–Crippen MR) is 60.1 cm³/mol. The Morgan fingerprint density at radius 1 is 1.62 bits per heavy atom. The van der Waals surface area contributed by atoms with Crippen molar-refractivity contribution in [1.82, 2.24) is 0 Å². The quantitative estimate of drug-likeness (QED) is 0.636. The van der Waals surface area contributed by atoms with Crippen LogP contribution < -0.4 is 0 Å². The molecule has 0 atom stereocenters. The van der Waals surface area contributed by atoms with Crippen molar-refractivity contribution in [2.75, 3.05) is 7.11 Å². The summed E-state index contributed by atoms with van der Waals surface area (Å²) in [6.07, 6.45) is 2.58. The molecule has 5 heteroatoms. The molecule has 0 aliphatic rings. The third-order valence-electron chi connectivity index (χ3n) is 1.88. The number of hydrogen-bond acceptors (Lipinski definition) is 3. The lowest BCUT2D eigenvalue weighted by atomic mass is 10.1. The van der Waals surface area contributed by atoms with Crippen LogP contribution in [-0.2, 0) is 4.74 Å². The second-order valence-corrected chi connectivity index (χ2v) is 3.18. The Kier molecular flexibility index (Phi) is 3.92. The Labute approximate surface area is 97.5 Å². The highest BCUT2D eigenvalue weighted by Gasteiger charge is 2.15. The lowest BCUT2D eigenvalue weighted by Crippen LogP contribution is -2.02. The Bertz CT molecular complexity index is 489. The molecule has 0 fully saturated rings.